The van der Waals surface area contributed by atoms with E-state index >= 15 is 0 Å². The number of fused-ring (bicyclic) bond motifs is 2. The Kier molecular flexibility index (Phi) is 5.42. The van der Waals surface area contributed by atoms with Gasteiger partial charge in [-0.05, 0) is 43.7 Å². The van der Waals surface area contributed by atoms with Crippen LogP contribution in [0.3, 0.4) is 0 Å². The molecule has 2 fully saturated rings. The third kappa shape index (κ3) is 4.12. The summed E-state index contributed by atoms with van der Waals surface area (Å²) in [5.41, 5.74) is 0.967. The fourth-order valence-electron chi connectivity index (χ4n) is 4.66. The van der Waals surface area contributed by atoms with Gasteiger partial charge in [-0.3, -0.25) is 0 Å². The van der Waals surface area contributed by atoms with Gasteiger partial charge in [0.05, 0.1) is 0 Å². The largest absolute Gasteiger partial charge is 0.424 e. The Bertz CT molecular complexity index is 1120. The molecule has 1 saturated heterocycles. The van der Waals surface area contributed by atoms with E-state index in [-0.39, 0.29) is 22.8 Å². The van der Waals surface area contributed by atoms with E-state index in [9.17, 15) is 4.39 Å². The van der Waals surface area contributed by atoms with Gasteiger partial charge in [-0.25, -0.2) is 14.4 Å². The molecule has 2 aliphatic rings. The van der Waals surface area contributed by atoms with Crippen LogP contribution in [-0.4, -0.2) is 43.9 Å². The molecule has 0 amide bonds. The van der Waals surface area contributed by atoms with E-state index in [4.69, 9.17) is 16.3 Å². The molecule has 2 unspecified atom stereocenters. The summed E-state index contributed by atoms with van der Waals surface area (Å²) in [5, 5.41) is 8.18. The lowest BCUT2D eigenvalue weighted by Crippen LogP contribution is -2.48. The molecule has 1 saturated carbocycles. The van der Waals surface area contributed by atoms with Crippen LogP contribution in [0.15, 0.2) is 37.2 Å². The van der Waals surface area contributed by atoms with Gasteiger partial charge in [0, 0.05) is 48.2 Å². The van der Waals surface area contributed by atoms with Gasteiger partial charge in [0.25, 0.3) is 0 Å². The SMILES string of the molecule is C=Cn1nc(NC2C3CCC2CN(c2cc(C)ncn2)C3)nc1Oc1cc(F)cc(Cl)c1. The molecule has 32 heavy (non-hydrogen) atoms. The Morgan fingerprint density at radius 1 is 1.19 bits per heavy atom. The molecule has 3 heterocycles. The molecule has 2 bridgehead atoms. The van der Waals surface area contributed by atoms with Gasteiger partial charge < -0.3 is 15.0 Å². The summed E-state index contributed by atoms with van der Waals surface area (Å²) in [6.45, 7) is 7.56. The van der Waals surface area contributed by atoms with Crippen LogP contribution in [0.5, 0.6) is 11.8 Å². The lowest BCUT2D eigenvalue weighted by atomic mass is 9.92. The van der Waals surface area contributed by atoms with Crippen molar-refractivity contribution in [1.82, 2.24) is 24.7 Å². The number of benzene rings is 1. The van der Waals surface area contributed by atoms with Crippen LogP contribution in [0.1, 0.15) is 18.5 Å². The van der Waals surface area contributed by atoms with E-state index < -0.39 is 5.82 Å². The van der Waals surface area contributed by atoms with Crippen LogP contribution in [0, 0.1) is 24.6 Å². The normalized spacial score (nSPS) is 22.1. The number of anilines is 2. The summed E-state index contributed by atoms with van der Waals surface area (Å²) < 4.78 is 20.8. The molecule has 1 N–H and O–H groups in total. The molecule has 166 valence electrons. The minimum Gasteiger partial charge on any atom is -0.424 e. The van der Waals surface area contributed by atoms with Crippen molar-refractivity contribution in [3.63, 3.8) is 0 Å². The van der Waals surface area contributed by atoms with Crippen molar-refractivity contribution in [2.75, 3.05) is 23.3 Å². The van der Waals surface area contributed by atoms with Gasteiger partial charge >= 0.3 is 6.01 Å². The number of nitrogens with one attached hydrogen (secondary N) is 1. The first-order valence-corrected chi connectivity index (χ1v) is 10.9. The maximum absolute atomic E-state index is 13.6. The van der Waals surface area contributed by atoms with Crippen LogP contribution in [0.4, 0.5) is 16.2 Å². The van der Waals surface area contributed by atoms with Gasteiger partial charge in [0.1, 0.15) is 23.7 Å². The molecule has 1 aliphatic heterocycles. The van der Waals surface area contributed by atoms with Gasteiger partial charge in [0.15, 0.2) is 0 Å². The standard InChI is InChI=1S/C22H23ClFN7O/c1-3-31-22(32-18-8-16(23)7-17(24)9-18)28-21(29-31)27-20-14-4-5-15(20)11-30(10-14)19-6-13(2)25-12-26-19/h3,6-9,12,14-15,20H,1,4-5,10-11H2,2H3,(H,27,29). The molecule has 0 radical (unpaired) electrons. The van der Waals surface area contributed by atoms with E-state index in [0.717, 1.165) is 37.4 Å². The summed E-state index contributed by atoms with van der Waals surface area (Å²) in [4.78, 5) is 15.5. The number of halogens is 2. The van der Waals surface area contributed by atoms with Crippen molar-refractivity contribution in [3.05, 3.63) is 53.7 Å². The number of nitrogens with zero attached hydrogens (tertiary/aromatic N) is 6. The van der Waals surface area contributed by atoms with Crippen molar-refractivity contribution < 1.29 is 9.13 Å². The van der Waals surface area contributed by atoms with Crippen molar-refractivity contribution in [2.45, 2.75) is 25.8 Å². The second-order valence-electron chi connectivity index (χ2n) is 8.24. The maximum Gasteiger partial charge on any atom is 0.326 e. The minimum absolute atomic E-state index is 0.186. The van der Waals surface area contributed by atoms with Crippen molar-refractivity contribution in [2.24, 2.45) is 11.8 Å². The summed E-state index contributed by atoms with van der Waals surface area (Å²) in [6, 6.07) is 6.45. The first kappa shape index (κ1) is 20.7. The Balaban J connectivity index is 1.31. The highest BCUT2D eigenvalue weighted by Gasteiger charge is 2.43. The topological polar surface area (TPSA) is 81.0 Å². The smallest absolute Gasteiger partial charge is 0.326 e. The molecule has 2 aromatic heterocycles. The summed E-state index contributed by atoms with van der Waals surface area (Å²) in [7, 11) is 0. The zero-order valence-electron chi connectivity index (χ0n) is 17.6. The van der Waals surface area contributed by atoms with E-state index in [1.54, 1.807) is 6.33 Å². The van der Waals surface area contributed by atoms with Gasteiger partial charge in [-0.2, -0.15) is 9.67 Å². The zero-order valence-corrected chi connectivity index (χ0v) is 18.3. The van der Waals surface area contributed by atoms with Crippen molar-refractivity contribution >= 4 is 29.6 Å². The van der Waals surface area contributed by atoms with Crippen LogP contribution < -0.4 is 15.0 Å². The summed E-state index contributed by atoms with van der Waals surface area (Å²) in [6.07, 6.45) is 5.38. The molecule has 3 aromatic rings. The highest BCUT2D eigenvalue weighted by molar-refractivity contribution is 6.30. The third-order valence-corrected chi connectivity index (χ3v) is 6.28. The predicted octanol–water partition coefficient (Wildman–Crippen LogP) is 4.39. The number of ether oxygens (including phenoxy) is 1. The number of hydrogen-bond donors (Lipinski definition) is 1. The monoisotopic (exact) mass is 455 g/mol. The first-order valence-electron chi connectivity index (χ1n) is 10.5. The Hall–Kier alpha value is -3.20. The van der Waals surface area contributed by atoms with E-state index in [1.165, 1.54) is 29.1 Å². The van der Waals surface area contributed by atoms with Crippen LogP contribution in [0.25, 0.3) is 6.20 Å². The van der Waals surface area contributed by atoms with Crippen LogP contribution >= 0.6 is 11.6 Å². The first-order chi connectivity index (χ1) is 15.5. The summed E-state index contributed by atoms with van der Waals surface area (Å²) >= 11 is 5.92. The number of piperidine rings is 1. The quantitative estimate of drug-likeness (QED) is 0.590. The predicted molar refractivity (Wildman–Crippen MR) is 120 cm³/mol. The minimum atomic E-state index is -0.488. The lowest BCUT2D eigenvalue weighted by Gasteiger charge is -2.38. The fraction of sp³-hybridized carbons (Fsp3) is 0.364. The number of aryl methyl sites for hydroxylation is 1. The zero-order chi connectivity index (χ0) is 22.2. The van der Waals surface area contributed by atoms with Gasteiger partial charge in [-0.15, -0.1) is 5.10 Å². The van der Waals surface area contributed by atoms with E-state index in [0.29, 0.717) is 17.8 Å². The molecule has 2 atom stereocenters. The van der Waals surface area contributed by atoms with E-state index in [1.807, 2.05) is 13.0 Å². The fourth-order valence-corrected chi connectivity index (χ4v) is 4.87. The molecular weight excluding hydrogens is 433 g/mol. The summed E-state index contributed by atoms with van der Waals surface area (Å²) in [5.74, 6) is 2.09. The third-order valence-electron chi connectivity index (χ3n) is 6.06. The molecule has 1 aromatic carbocycles. The lowest BCUT2D eigenvalue weighted by molar-refractivity contribution is 0.374. The molecular formula is C22H23ClFN7O. The Labute approximate surface area is 190 Å². The highest BCUT2D eigenvalue weighted by atomic mass is 35.5. The van der Waals surface area contributed by atoms with Crippen molar-refractivity contribution in [3.8, 4) is 11.8 Å². The van der Waals surface area contributed by atoms with Crippen LogP contribution in [-0.2, 0) is 0 Å². The second kappa shape index (κ2) is 8.38. The Morgan fingerprint density at radius 2 is 1.97 bits per heavy atom. The van der Waals surface area contributed by atoms with Gasteiger partial charge in [-0.1, -0.05) is 18.2 Å². The van der Waals surface area contributed by atoms with E-state index in [2.05, 4.69) is 36.8 Å². The molecule has 0 spiro atoms. The molecule has 8 nitrogen and oxygen atoms in total. The Morgan fingerprint density at radius 3 is 2.66 bits per heavy atom. The number of aromatic nitrogens is 5. The molecule has 10 heteroatoms. The molecule has 5 rings (SSSR count). The average molecular weight is 456 g/mol. The average Bonchev–Trinajstić information content (AvgIpc) is 3.22. The number of hydrogen-bond acceptors (Lipinski definition) is 7. The van der Waals surface area contributed by atoms with Crippen molar-refractivity contribution in [1.29, 1.82) is 0 Å². The van der Waals surface area contributed by atoms with Crippen LogP contribution in [0.2, 0.25) is 5.02 Å². The van der Waals surface area contributed by atoms with Gasteiger partial charge in [0.2, 0.25) is 5.95 Å². The maximum atomic E-state index is 13.6. The highest BCUT2D eigenvalue weighted by Crippen LogP contribution is 2.40. The second-order valence-corrected chi connectivity index (χ2v) is 8.68. The molecule has 1 aliphatic carbocycles. The number of rotatable bonds is 6.